The predicted octanol–water partition coefficient (Wildman–Crippen LogP) is 4.94. The maximum Gasteiger partial charge on any atom is 0.169 e. The van der Waals surface area contributed by atoms with Crippen LogP contribution in [0, 0.1) is 32.6 Å². The van der Waals surface area contributed by atoms with Gasteiger partial charge in [-0.1, -0.05) is 18.2 Å². The van der Waals surface area contributed by atoms with Crippen molar-refractivity contribution in [3.63, 3.8) is 0 Å². The molecular formula is C22H23NO2. The summed E-state index contributed by atoms with van der Waals surface area (Å²) in [6.45, 7) is 5.99. The average Bonchev–Trinajstić information content (AvgIpc) is 3.02. The number of allylic oxidation sites excluding steroid dienone is 2. The van der Waals surface area contributed by atoms with Crippen molar-refractivity contribution >= 4 is 11.4 Å². The number of aromatic nitrogens is 1. The summed E-state index contributed by atoms with van der Waals surface area (Å²) in [5.41, 5.74) is 6.52. The molecule has 0 spiro atoms. The fourth-order valence-electron chi connectivity index (χ4n) is 4.32. The molecule has 1 fully saturated rings. The van der Waals surface area contributed by atoms with E-state index in [0.29, 0.717) is 11.3 Å². The first-order chi connectivity index (χ1) is 12.0. The van der Waals surface area contributed by atoms with E-state index in [1.807, 2.05) is 39.0 Å². The molecule has 3 heteroatoms. The van der Waals surface area contributed by atoms with Gasteiger partial charge in [0.1, 0.15) is 5.76 Å². The van der Waals surface area contributed by atoms with Gasteiger partial charge in [0.25, 0.3) is 0 Å². The molecule has 2 aliphatic carbocycles. The number of rotatable bonds is 2. The first kappa shape index (κ1) is 16.1. The van der Waals surface area contributed by atoms with Gasteiger partial charge in [-0.15, -0.1) is 0 Å². The molecule has 0 amide bonds. The second kappa shape index (κ2) is 5.83. The van der Waals surface area contributed by atoms with Crippen LogP contribution in [0.3, 0.4) is 0 Å². The van der Waals surface area contributed by atoms with Crippen molar-refractivity contribution in [2.45, 2.75) is 40.0 Å². The number of aliphatic hydroxyl groups excluding tert-OH is 1. The van der Waals surface area contributed by atoms with E-state index >= 15 is 0 Å². The number of fused-ring (bicyclic) bond motifs is 2. The molecule has 2 atom stereocenters. The van der Waals surface area contributed by atoms with E-state index in [0.717, 1.165) is 52.9 Å². The predicted molar refractivity (Wildman–Crippen MR) is 99.3 cm³/mol. The van der Waals surface area contributed by atoms with E-state index in [-0.39, 0.29) is 17.6 Å². The highest BCUT2D eigenvalue weighted by Gasteiger charge is 2.41. The number of carbonyl (C=O) groups is 1. The van der Waals surface area contributed by atoms with Crippen LogP contribution < -0.4 is 0 Å². The van der Waals surface area contributed by atoms with Gasteiger partial charge in [-0.3, -0.25) is 9.78 Å². The van der Waals surface area contributed by atoms with E-state index in [1.54, 1.807) is 0 Å². The highest BCUT2D eigenvalue weighted by atomic mass is 16.3. The average molecular weight is 333 g/mol. The van der Waals surface area contributed by atoms with Crippen molar-refractivity contribution in [1.82, 2.24) is 4.98 Å². The molecule has 1 heterocycles. The molecule has 1 aromatic heterocycles. The van der Waals surface area contributed by atoms with Gasteiger partial charge in [0.05, 0.1) is 5.57 Å². The molecular weight excluding hydrogens is 310 g/mol. The maximum absolute atomic E-state index is 12.9. The molecule has 2 aliphatic rings. The molecule has 1 saturated carbocycles. The molecule has 128 valence electrons. The summed E-state index contributed by atoms with van der Waals surface area (Å²) < 4.78 is 0. The molecule has 4 rings (SSSR count). The fraction of sp³-hybridized carbons (Fsp3) is 0.364. The Morgan fingerprint density at radius 1 is 1.00 bits per heavy atom. The molecule has 1 N–H and O–H groups in total. The van der Waals surface area contributed by atoms with E-state index in [1.165, 1.54) is 0 Å². The second-order valence-electron chi connectivity index (χ2n) is 7.45. The number of ketones is 1. The molecule has 25 heavy (non-hydrogen) atoms. The summed E-state index contributed by atoms with van der Waals surface area (Å²) in [4.78, 5) is 17.4. The zero-order valence-electron chi connectivity index (χ0n) is 15.0. The monoisotopic (exact) mass is 333 g/mol. The van der Waals surface area contributed by atoms with Crippen molar-refractivity contribution in [3.8, 4) is 11.1 Å². The van der Waals surface area contributed by atoms with Gasteiger partial charge in [-0.25, -0.2) is 0 Å². The lowest BCUT2D eigenvalue weighted by Crippen LogP contribution is -2.21. The van der Waals surface area contributed by atoms with Crippen molar-refractivity contribution in [1.29, 1.82) is 0 Å². The summed E-state index contributed by atoms with van der Waals surface area (Å²) in [6, 6.07) is 10.2. The molecule has 3 nitrogen and oxygen atoms in total. The van der Waals surface area contributed by atoms with E-state index in [2.05, 4.69) is 17.1 Å². The second-order valence-corrected chi connectivity index (χ2v) is 7.45. The minimum atomic E-state index is 0.0849. The van der Waals surface area contributed by atoms with Crippen LogP contribution >= 0.6 is 0 Å². The quantitative estimate of drug-likeness (QED) is 0.846. The number of aliphatic hydroxyl groups is 1. The SMILES string of the molecule is Cc1ccc(-c2ccc(C)c(C3=C(O)[C@H]4CC[C@H](C4)C3=O)c2)c(C)n1. The van der Waals surface area contributed by atoms with Gasteiger partial charge in [0.15, 0.2) is 5.78 Å². The lowest BCUT2D eigenvalue weighted by atomic mass is 9.81. The Morgan fingerprint density at radius 3 is 2.52 bits per heavy atom. The third kappa shape index (κ3) is 2.58. The number of hydrogen-bond donors (Lipinski definition) is 1. The molecule has 0 unspecified atom stereocenters. The lowest BCUT2D eigenvalue weighted by Gasteiger charge is -2.23. The van der Waals surface area contributed by atoms with Crippen LogP contribution in [0.2, 0.25) is 0 Å². The minimum Gasteiger partial charge on any atom is -0.511 e. The van der Waals surface area contributed by atoms with Crippen LogP contribution in [0.1, 0.15) is 41.8 Å². The normalized spacial score (nSPS) is 22.6. The van der Waals surface area contributed by atoms with Crippen LogP contribution in [0.15, 0.2) is 36.1 Å². The Morgan fingerprint density at radius 2 is 1.76 bits per heavy atom. The first-order valence-corrected chi connectivity index (χ1v) is 8.98. The summed E-state index contributed by atoms with van der Waals surface area (Å²) in [7, 11) is 0. The van der Waals surface area contributed by atoms with Gasteiger partial charge >= 0.3 is 0 Å². The van der Waals surface area contributed by atoms with Gasteiger partial charge in [0.2, 0.25) is 0 Å². The highest BCUT2D eigenvalue weighted by Crippen LogP contribution is 2.46. The number of benzene rings is 1. The topological polar surface area (TPSA) is 50.2 Å². The summed E-state index contributed by atoms with van der Waals surface area (Å²) in [5.74, 6) is 0.660. The van der Waals surface area contributed by atoms with Gasteiger partial charge in [-0.2, -0.15) is 0 Å². The zero-order valence-corrected chi connectivity index (χ0v) is 15.0. The third-order valence-corrected chi connectivity index (χ3v) is 5.74. The molecule has 1 aromatic carbocycles. The Balaban J connectivity index is 1.86. The molecule has 2 bridgehead atoms. The number of aryl methyl sites for hydroxylation is 3. The summed E-state index contributed by atoms with van der Waals surface area (Å²) in [6.07, 6.45) is 2.64. The van der Waals surface area contributed by atoms with Crippen LogP contribution in [0.25, 0.3) is 16.7 Å². The van der Waals surface area contributed by atoms with Crippen molar-refractivity contribution in [3.05, 3.63) is 58.6 Å². The largest absolute Gasteiger partial charge is 0.511 e. The fourth-order valence-corrected chi connectivity index (χ4v) is 4.32. The van der Waals surface area contributed by atoms with Crippen molar-refractivity contribution < 1.29 is 9.90 Å². The van der Waals surface area contributed by atoms with E-state index in [9.17, 15) is 9.90 Å². The Hall–Kier alpha value is -2.42. The Bertz CT molecular complexity index is 910. The number of hydrogen-bond acceptors (Lipinski definition) is 3. The highest BCUT2D eigenvalue weighted by molar-refractivity contribution is 6.23. The molecule has 2 aromatic rings. The van der Waals surface area contributed by atoms with Crippen LogP contribution in [-0.2, 0) is 4.79 Å². The number of carbonyl (C=O) groups excluding carboxylic acids is 1. The lowest BCUT2D eigenvalue weighted by molar-refractivity contribution is -0.117. The van der Waals surface area contributed by atoms with Crippen molar-refractivity contribution in [2.24, 2.45) is 11.8 Å². The number of Topliss-reactive ketones (excluding diaryl/α,β-unsaturated/α-hetero) is 1. The zero-order chi connectivity index (χ0) is 17.7. The minimum absolute atomic E-state index is 0.0849. The summed E-state index contributed by atoms with van der Waals surface area (Å²) >= 11 is 0. The van der Waals surface area contributed by atoms with Gasteiger partial charge in [0, 0.05) is 28.8 Å². The van der Waals surface area contributed by atoms with E-state index < -0.39 is 0 Å². The smallest absolute Gasteiger partial charge is 0.169 e. The number of nitrogens with zero attached hydrogens (tertiary/aromatic N) is 1. The Kier molecular flexibility index (Phi) is 3.75. The molecule has 0 aliphatic heterocycles. The standard InChI is InChI=1S/C22H23NO2/c1-12-4-6-15(18-9-5-13(2)23-14(18)3)11-19(12)20-21(24)16-7-8-17(10-16)22(20)25/h4-6,9,11,16-17,24H,7-8,10H2,1-3H3/t16-,17+/m0/s1. The van der Waals surface area contributed by atoms with Crippen LogP contribution in [-0.4, -0.2) is 15.9 Å². The summed E-state index contributed by atoms with van der Waals surface area (Å²) in [5, 5.41) is 10.7. The number of pyridine rings is 1. The first-order valence-electron chi connectivity index (χ1n) is 8.98. The third-order valence-electron chi connectivity index (χ3n) is 5.74. The molecule has 0 radical (unpaired) electrons. The van der Waals surface area contributed by atoms with Crippen LogP contribution in [0.5, 0.6) is 0 Å². The Labute approximate surface area is 148 Å². The van der Waals surface area contributed by atoms with Gasteiger partial charge in [-0.05, 0) is 68.9 Å². The van der Waals surface area contributed by atoms with E-state index in [4.69, 9.17) is 0 Å². The van der Waals surface area contributed by atoms with Crippen LogP contribution in [0.4, 0.5) is 0 Å². The van der Waals surface area contributed by atoms with Crippen molar-refractivity contribution in [2.75, 3.05) is 0 Å². The van der Waals surface area contributed by atoms with Gasteiger partial charge < -0.3 is 5.11 Å². The molecule has 0 saturated heterocycles. The maximum atomic E-state index is 12.9.